The van der Waals surface area contributed by atoms with Crippen molar-refractivity contribution in [3.05, 3.63) is 30.1 Å². The number of H-pyrrole nitrogens is 1. The fourth-order valence-electron chi connectivity index (χ4n) is 4.04. The van der Waals surface area contributed by atoms with Crippen LogP contribution in [0.1, 0.15) is 29.6 Å². The smallest absolute Gasteiger partial charge is 0.253 e. The van der Waals surface area contributed by atoms with E-state index in [1.165, 1.54) is 12.8 Å². The summed E-state index contributed by atoms with van der Waals surface area (Å²) in [5.74, 6) is 0.150. The maximum absolute atomic E-state index is 13.1. The van der Waals surface area contributed by atoms with E-state index >= 15 is 0 Å². The third-order valence-corrected chi connectivity index (χ3v) is 5.66. The highest BCUT2D eigenvalue weighted by molar-refractivity contribution is 5.97. The Labute approximate surface area is 148 Å². The van der Waals surface area contributed by atoms with E-state index in [-0.39, 0.29) is 5.91 Å². The summed E-state index contributed by atoms with van der Waals surface area (Å²) in [7, 11) is 2.19. The van der Waals surface area contributed by atoms with Crippen molar-refractivity contribution in [1.29, 1.82) is 0 Å². The number of carbonyl (C=O) groups excluding carboxylic acids is 1. The van der Waals surface area contributed by atoms with Crippen LogP contribution < -0.4 is 0 Å². The number of imidazole rings is 1. The lowest BCUT2D eigenvalue weighted by molar-refractivity contribution is 0.0631. The van der Waals surface area contributed by atoms with Crippen LogP contribution >= 0.6 is 0 Å². The summed E-state index contributed by atoms with van der Waals surface area (Å²) < 4.78 is 0. The van der Waals surface area contributed by atoms with Crippen molar-refractivity contribution in [1.82, 2.24) is 24.7 Å². The zero-order valence-electron chi connectivity index (χ0n) is 14.9. The van der Waals surface area contributed by atoms with Gasteiger partial charge in [-0.05, 0) is 38.1 Å². The van der Waals surface area contributed by atoms with E-state index in [4.69, 9.17) is 0 Å². The average Bonchev–Trinajstić information content (AvgIpc) is 2.97. The largest absolute Gasteiger partial charge is 0.345 e. The number of likely N-dealkylation sites (tertiary alicyclic amines) is 1. The van der Waals surface area contributed by atoms with Crippen LogP contribution in [0.15, 0.2) is 24.5 Å². The van der Waals surface area contributed by atoms with Gasteiger partial charge in [0.25, 0.3) is 5.91 Å². The standard InChI is InChI=1S/C19H27N5O/c1-22-8-10-23(11-9-22)16-4-2-3-7-24(13-16)19(25)15-5-6-17-18(12-15)21-14-20-17/h5-6,12,14,16H,2-4,7-11,13H2,1H3,(H,20,21). The number of benzene rings is 1. The molecule has 4 rings (SSSR count). The number of fused-ring (bicyclic) bond motifs is 1. The Morgan fingerprint density at radius 2 is 2.00 bits per heavy atom. The Morgan fingerprint density at radius 3 is 2.84 bits per heavy atom. The van der Waals surface area contributed by atoms with E-state index in [0.717, 1.165) is 62.3 Å². The number of hydrogen-bond acceptors (Lipinski definition) is 4. The summed E-state index contributed by atoms with van der Waals surface area (Å²) in [5.41, 5.74) is 2.59. The van der Waals surface area contributed by atoms with Crippen LogP contribution in [0, 0.1) is 0 Å². The fourth-order valence-corrected chi connectivity index (χ4v) is 4.04. The number of amides is 1. The Bertz CT molecular complexity index is 734. The number of aromatic amines is 1. The Balaban J connectivity index is 1.48. The molecule has 1 atom stereocenters. The van der Waals surface area contributed by atoms with Crippen LogP contribution in [0.25, 0.3) is 11.0 Å². The van der Waals surface area contributed by atoms with Gasteiger partial charge in [-0.1, -0.05) is 6.42 Å². The zero-order chi connectivity index (χ0) is 17.2. The van der Waals surface area contributed by atoms with E-state index in [2.05, 4.69) is 31.7 Å². The van der Waals surface area contributed by atoms with Gasteiger partial charge >= 0.3 is 0 Å². The monoisotopic (exact) mass is 341 g/mol. The molecule has 1 aromatic carbocycles. The molecule has 134 valence electrons. The Morgan fingerprint density at radius 1 is 1.16 bits per heavy atom. The molecule has 0 spiro atoms. The van der Waals surface area contributed by atoms with Gasteiger partial charge in [-0.2, -0.15) is 0 Å². The van der Waals surface area contributed by atoms with Crippen molar-refractivity contribution in [2.45, 2.75) is 25.3 Å². The summed E-state index contributed by atoms with van der Waals surface area (Å²) in [6.45, 7) is 6.20. The van der Waals surface area contributed by atoms with Crippen LogP contribution in [0.4, 0.5) is 0 Å². The van der Waals surface area contributed by atoms with Crippen LogP contribution in [0.5, 0.6) is 0 Å². The van der Waals surface area contributed by atoms with Crippen molar-refractivity contribution >= 4 is 16.9 Å². The number of piperazine rings is 1. The highest BCUT2D eigenvalue weighted by Gasteiger charge is 2.28. The van der Waals surface area contributed by atoms with Crippen LogP contribution in [0.2, 0.25) is 0 Å². The minimum atomic E-state index is 0.150. The molecule has 3 heterocycles. The number of likely N-dealkylation sites (N-methyl/N-ethyl adjacent to an activating group) is 1. The predicted molar refractivity (Wildman–Crippen MR) is 98.7 cm³/mol. The van der Waals surface area contributed by atoms with Crippen molar-refractivity contribution in [3.63, 3.8) is 0 Å². The molecule has 6 heteroatoms. The number of rotatable bonds is 2. The van der Waals surface area contributed by atoms with E-state index in [1.807, 2.05) is 18.2 Å². The first-order valence-electron chi connectivity index (χ1n) is 9.36. The summed E-state index contributed by atoms with van der Waals surface area (Å²) in [4.78, 5) is 27.4. The van der Waals surface area contributed by atoms with Gasteiger partial charge in [0.1, 0.15) is 0 Å². The number of aromatic nitrogens is 2. The van der Waals surface area contributed by atoms with Crippen LogP contribution in [0.3, 0.4) is 0 Å². The molecule has 2 aliphatic heterocycles. The van der Waals surface area contributed by atoms with Gasteiger partial charge in [0.2, 0.25) is 0 Å². The predicted octanol–water partition coefficient (Wildman–Crippen LogP) is 1.80. The third kappa shape index (κ3) is 3.55. The first-order valence-corrected chi connectivity index (χ1v) is 9.36. The Hall–Kier alpha value is -1.92. The molecule has 6 nitrogen and oxygen atoms in total. The quantitative estimate of drug-likeness (QED) is 0.905. The molecule has 1 N–H and O–H groups in total. The maximum Gasteiger partial charge on any atom is 0.253 e. The average molecular weight is 341 g/mol. The summed E-state index contributed by atoms with van der Waals surface area (Å²) in [6.07, 6.45) is 5.18. The topological polar surface area (TPSA) is 55.5 Å². The molecule has 2 saturated heterocycles. The molecule has 0 saturated carbocycles. The SMILES string of the molecule is CN1CCN(C2CCCCN(C(=O)c3ccc4nc[nH]c4c3)C2)CC1. The minimum Gasteiger partial charge on any atom is -0.345 e. The summed E-state index contributed by atoms with van der Waals surface area (Å²) in [5, 5.41) is 0. The number of nitrogens with one attached hydrogen (secondary N) is 1. The highest BCUT2D eigenvalue weighted by atomic mass is 16.2. The maximum atomic E-state index is 13.1. The number of carbonyl (C=O) groups is 1. The van der Waals surface area contributed by atoms with E-state index in [9.17, 15) is 4.79 Å². The first-order chi connectivity index (χ1) is 12.2. The van der Waals surface area contributed by atoms with Crippen molar-refractivity contribution in [2.75, 3.05) is 46.3 Å². The minimum absolute atomic E-state index is 0.150. The normalized spacial score (nSPS) is 23.7. The molecule has 0 bridgehead atoms. The first kappa shape index (κ1) is 16.5. The molecule has 1 unspecified atom stereocenters. The zero-order valence-corrected chi connectivity index (χ0v) is 14.9. The van der Waals surface area contributed by atoms with Gasteiger partial charge in [0.15, 0.2) is 0 Å². The second-order valence-electron chi connectivity index (χ2n) is 7.37. The molecule has 0 radical (unpaired) electrons. The lowest BCUT2D eigenvalue weighted by Gasteiger charge is -2.39. The second kappa shape index (κ2) is 7.14. The fraction of sp³-hybridized carbons (Fsp3) is 0.579. The Kier molecular flexibility index (Phi) is 4.72. The van der Waals surface area contributed by atoms with Gasteiger partial charge in [0, 0.05) is 50.9 Å². The summed E-state index contributed by atoms with van der Waals surface area (Å²) in [6, 6.07) is 6.26. The van der Waals surface area contributed by atoms with Gasteiger partial charge in [0.05, 0.1) is 17.4 Å². The van der Waals surface area contributed by atoms with E-state index < -0.39 is 0 Å². The molecule has 1 amide bonds. The molecule has 0 aliphatic carbocycles. The summed E-state index contributed by atoms with van der Waals surface area (Å²) >= 11 is 0. The van der Waals surface area contributed by atoms with Crippen LogP contribution in [-0.4, -0.2) is 82.9 Å². The van der Waals surface area contributed by atoms with Gasteiger partial charge in [-0.3, -0.25) is 9.69 Å². The van der Waals surface area contributed by atoms with Crippen molar-refractivity contribution < 1.29 is 4.79 Å². The third-order valence-electron chi connectivity index (χ3n) is 5.66. The van der Waals surface area contributed by atoms with Gasteiger partial charge < -0.3 is 14.8 Å². The number of nitrogens with zero attached hydrogens (tertiary/aromatic N) is 4. The van der Waals surface area contributed by atoms with Gasteiger partial charge in [-0.25, -0.2) is 4.98 Å². The van der Waals surface area contributed by atoms with Gasteiger partial charge in [-0.15, -0.1) is 0 Å². The number of hydrogen-bond donors (Lipinski definition) is 1. The molecule has 2 aliphatic rings. The van der Waals surface area contributed by atoms with E-state index in [1.54, 1.807) is 6.33 Å². The van der Waals surface area contributed by atoms with Crippen molar-refractivity contribution in [2.24, 2.45) is 0 Å². The lowest BCUT2D eigenvalue weighted by atomic mass is 10.1. The molecular weight excluding hydrogens is 314 g/mol. The molecule has 25 heavy (non-hydrogen) atoms. The second-order valence-corrected chi connectivity index (χ2v) is 7.37. The van der Waals surface area contributed by atoms with E-state index in [0.29, 0.717) is 6.04 Å². The lowest BCUT2D eigenvalue weighted by Crippen LogP contribution is -2.52. The highest BCUT2D eigenvalue weighted by Crippen LogP contribution is 2.20. The molecule has 2 aromatic rings. The van der Waals surface area contributed by atoms with Crippen LogP contribution in [-0.2, 0) is 0 Å². The molecule has 1 aromatic heterocycles. The molecular formula is C19H27N5O. The molecule has 2 fully saturated rings. The van der Waals surface area contributed by atoms with Crippen molar-refractivity contribution in [3.8, 4) is 0 Å².